The van der Waals surface area contributed by atoms with Crippen LogP contribution in [0.4, 0.5) is 0 Å². The highest BCUT2D eigenvalue weighted by Crippen LogP contribution is 2.21. The van der Waals surface area contributed by atoms with Gasteiger partial charge in [0.25, 0.3) is 0 Å². The van der Waals surface area contributed by atoms with Crippen molar-refractivity contribution in [1.82, 2.24) is 5.32 Å². The number of hydrogen-bond acceptors (Lipinski definition) is 2. The van der Waals surface area contributed by atoms with Gasteiger partial charge < -0.3 is 10.1 Å². The lowest BCUT2D eigenvalue weighted by Crippen LogP contribution is -2.20. The first-order valence-corrected chi connectivity index (χ1v) is 7.81. The number of rotatable bonds is 7. The molecule has 2 aromatic carbocycles. The minimum atomic E-state index is 0.315. The molecular formula is C18H22ClNO. The molecule has 0 fully saturated rings. The van der Waals surface area contributed by atoms with E-state index in [9.17, 15) is 0 Å². The monoisotopic (exact) mass is 303 g/mol. The summed E-state index contributed by atoms with van der Waals surface area (Å²) in [6, 6.07) is 16.6. The van der Waals surface area contributed by atoms with E-state index >= 15 is 0 Å². The summed E-state index contributed by atoms with van der Waals surface area (Å²) in [5, 5.41) is 4.37. The molecule has 0 bridgehead atoms. The Hall–Kier alpha value is -1.51. The van der Waals surface area contributed by atoms with Crippen LogP contribution in [-0.2, 0) is 6.54 Å². The predicted octanol–water partition coefficient (Wildman–Crippen LogP) is 4.98. The van der Waals surface area contributed by atoms with E-state index in [2.05, 4.69) is 30.4 Å². The molecule has 0 spiro atoms. The van der Waals surface area contributed by atoms with E-state index in [4.69, 9.17) is 16.3 Å². The van der Waals surface area contributed by atoms with Crippen molar-refractivity contribution in [1.29, 1.82) is 0 Å². The molecule has 0 saturated heterocycles. The number of halogens is 1. The Labute approximate surface area is 132 Å². The first-order chi connectivity index (χ1) is 10.2. The minimum absolute atomic E-state index is 0.315. The Morgan fingerprint density at radius 1 is 1.10 bits per heavy atom. The van der Waals surface area contributed by atoms with E-state index in [-0.39, 0.29) is 0 Å². The Bertz CT molecular complexity index is 553. The molecule has 0 saturated carbocycles. The maximum absolute atomic E-state index is 6.07. The minimum Gasteiger partial charge on any atom is -0.494 e. The van der Waals surface area contributed by atoms with Crippen molar-refractivity contribution >= 4 is 11.6 Å². The number of benzene rings is 2. The third-order valence-electron chi connectivity index (χ3n) is 3.45. The van der Waals surface area contributed by atoms with Crippen LogP contribution < -0.4 is 10.1 Å². The molecule has 21 heavy (non-hydrogen) atoms. The zero-order valence-corrected chi connectivity index (χ0v) is 13.4. The van der Waals surface area contributed by atoms with Crippen LogP contribution in [0.15, 0.2) is 48.5 Å². The highest BCUT2D eigenvalue weighted by molar-refractivity contribution is 6.30. The van der Waals surface area contributed by atoms with Crippen molar-refractivity contribution in [3.8, 4) is 5.75 Å². The van der Waals surface area contributed by atoms with Gasteiger partial charge >= 0.3 is 0 Å². The van der Waals surface area contributed by atoms with Gasteiger partial charge in [-0.1, -0.05) is 42.8 Å². The van der Waals surface area contributed by atoms with E-state index in [1.54, 1.807) is 0 Å². The summed E-state index contributed by atoms with van der Waals surface area (Å²) in [7, 11) is 0. The van der Waals surface area contributed by atoms with Gasteiger partial charge in [-0.2, -0.15) is 0 Å². The maximum Gasteiger partial charge on any atom is 0.119 e. The molecule has 2 nitrogen and oxygen atoms in total. The second-order valence-corrected chi connectivity index (χ2v) is 5.41. The van der Waals surface area contributed by atoms with Crippen LogP contribution in [0.3, 0.4) is 0 Å². The van der Waals surface area contributed by atoms with Gasteiger partial charge in [0.2, 0.25) is 0 Å². The van der Waals surface area contributed by atoms with Crippen LogP contribution in [0.5, 0.6) is 5.75 Å². The SMILES string of the molecule is CCOc1ccc(CNC(CC)c2cccc(Cl)c2)cc1. The Balaban J connectivity index is 1.96. The lowest BCUT2D eigenvalue weighted by atomic mass is 10.0. The normalized spacial score (nSPS) is 12.1. The average molecular weight is 304 g/mol. The van der Waals surface area contributed by atoms with E-state index in [0.29, 0.717) is 12.6 Å². The summed E-state index contributed by atoms with van der Waals surface area (Å²) in [6.45, 7) is 5.70. The molecule has 0 aliphatic carbocycles. The van der Waals surface area contributed by atoms with Gasteiger partial charge in [0.15, 0.2) is 0 Å². The van der Waals surface area contributed by atoms with Crippen molar-refractivity contribution in [2.45, 2.75) is 32.9 Å². The van der Waals surface area contributed by atoms with Crippen molar-refractivity contribution in [2.24, 2.45) is 0 Å². The van der Waals surface area contributed by atoms with Crippen molar-refractivity contribution in [3.05, 3.63) is 64.7 Å². The van der Waals surface area contributed by atoms with Crippen LogP contribution in [0.1, 0.15) is 37.4 Å². The summed E-state index contributed by atoms with van der Waals surface area (Å²) in [5.74, 6) is 0.920. The van der Waals surface area contributed by atoms with E-state index < -0.39 is 0 Å². The van der Waals surface area contributed by atoms with Gasteiger partial charge in [-0.3, -0.25) is 0 Å². The molecule has 1 N–H and O–H groups in total. The molecule has 0 aliphatic rings. The fourth-order valence-electron chi connectivity index (χ4n) is 2.33. The Morgan fingerprint density at radius 3 is 2.48 bits per heavy atom. The van der Waals surface area contributed by atoms with Crippen LogP contribution >= 0.6 is 11.6 Å². The molecule has 0 heterocycles. The summed E-state index contributed by atoms with van der Waals surface area (Å²) >= 11 is 6.07. The molecule has 112 valence electrons. The van der Waals surface area contributed by atoms with Crippen molar-refractivity contribution in [3.63, 3.8) is 0 Å². The topological polar surface area (TPSA) is 21.3 Å². The molecule has 0 radical (unpaired) electrons. The van der Waals surface area contributed by atoms with Gasteiger partial charge in [0, 0.05) is 17.6 Å². The average Bonchev–Trinajstić information content (AvgIpc) is 2.50. The summed E-state index contributed by atoms with van der Waals surface area (Å²) < 4.78 is 5.46. The van der Waals surface area contributed by atoms with Crippen molar-refractivity contribution in [2.75, 3.05) is 6.61 Å². The first-order valence-electron chi connectivity index (χ1n) is 7.43. The number of hydrogen-bond donors (Lipinski definition) is 1. The molecule has 2 aromatic rings. The summed E-state index contributed by atoms with van der Waals surface area (Å²) in [5.41, 5.74) is 2.48. The smallest absolute Gasteiger partial charge is 0.119 e. The van der Waals surface area contributed by atoms with E-state index in [0.717, 1.165) is 23.7 Å². The second kappa shape index (κ2) is 8.06. The molecule has 1 unspecified atom stereocenters. The van der Waals surface area contributed by atoms with Crippen LogP contribution in [0.2, 0.25) is 5.02 Å². The highest BCUT2D eigenvalue weighted by atomic mass is 35.5. The van der Waals surface area contributed by atoms with Crippen LogP contribution in [-0.4, -0.2) is 6.61 Å². The lowest BCUT2D eigenvalue weighted by molar-refractivity contribution is 0.340. The Morgan fingerprint density at radius 2 is 1.86 bits per heavy atom. The third-order valence-corrected chi connectivity index (χ3v) is 3.68. The standard InChI is InChI=1S/C18H22ClNO/c1-3-18(15-6-5-7-16(19)12-15)20-13-14-8-10-17(11-9-14)21-4-2/h5-12,18,20H,3-4,13H2,1-2H3. The van der Waals surface area contributed by atoms with Crippen LogP contribution in [0.25, 0.3) is 0 Å². The number of ether oxygens (including phenoxy) is 1. The summed E-state index contributed by atoms with van der Waals surface area (Å²) in [6.07, 6.45) is 1.03. The highest BCUT2D eigenvalue weighted by Gasteiger charge is 2.09. The zero-order valence-electron chi connectivity index (χ0n) is 12.6. The third kappa shape index (κ3) is 4.76. The molecule has 0 aromatic heterocycles. The van der Waals surface area contributed by atoms with Gasteiger partial charge in [-0.05, 0) is 48.7 Å². The fourth-order valence-corrected chi connectivity index (χ4v) is 2.53. The Kier molecular flexibility index (Phi) is 6.09. The van der Waals surface area contributed by atoms with Gasteiger partial charge in [-0.25, -0.2) is 0 Å². The molecule has 3 heteroatoms. The molecular weight excluding hydrogens is 282 g/mol. The molecule has 0 amide bonds. The zero-order chi connectivity index (χ0) is 15.1. The second-order valence-electron chi connectivity index (χ2n) is 4.97. The van der Waals surface area contributed by atoms with Gasteiger partial charge in [-0.15, -0.1) is 0 Å². The van der Waals surface area contributed by atoms with Crippen LogP contribution in [0, 0.1) is 0 Å². The van der Waals surface area contributed by atoms with E-state index in [1.807, 2.05) is 37.3 Å². The lowest BCUT2D eigenvalue weighted by Gasteiger charge is -2.18. The quantitative estimate of drug-likeness (QED) is 0.779. The largest absolute Gasteiger partial charge is 0.494 e. The molecule has 1 atom stereocenters. The first kappa shape index (κ1) is 15.9. The molecule has 0 aliphatic heterocycles. The fraction of sp³-hybridized carbons (Fsp3) is 0.333. The number of nitrogens with one attached hydrogen (secondary N) is 1. The molecule has 2 rings (SSSR count). The predicted molar refractivity (Wildman–Crippen MR) is 88.9 cm³/mol. The van der Waals surface area contributed by atoms with Crippen molar-refractivity contribution < 1.29 is 4.74 Å². The van der Waals surface area contributed by atoms with Gasteiger partial charge in [0.1, 0.15) is 5.75 Å². The maximum atomic E-state index is 6.07. The van der Waals surface area contributed by atoms with E-state index in [1.165, 1.54) is 11.1 Å². The van der Waals surface area contributed by atoms with Gasteiger partial charge in [0.05, 0.1) is 6.61 Å². The summed E-state index contributed by atoms with van der Waals surface area (Å²) in [4.78, 5) is 0.